The number of ketones is 1. The number of hydrogen-bond donors (Lipinski definition) is 1. The third kappa shape index (κ3) is 4.69. The Kier molecular flexibility index (Phi) is 6.87. The van der Waals surface area contributed by atoms with Gasteiger partial charge in [0.15, 0.2) is 0 Å². The van der Waals surface area contributed by atoms with Gasteiger partial charge in [0, 0.05) is 13.9 Å². The van der Waals surface area contributed by atoms with E-state index in [0.717, 1.165) is 24.9 Å². The first-order valence-electron chi connectivity index (χ1n) is 7.50. The molecule has 108 valence electrons. The highest BCUT2D eigenvalue weighted by Gasteiger charge is 2.26. The highest BCUT2D eigenvalue weighted by molar-refractivity contribution is 5.83. The van der Waals surface area contributed by atoms with Crippen LogP contribution in [0.2, 0.25) is 0 Å². The fourth-order valence-electron chi connectivity index (χ4n) is 3.05. The molecule has 18 heavy (non-hydrogen) atoms. The molecule has 1 aliphatic rings. The van der Waals surface area contributed by atoms with Crippen molar-refractivity contribution in [1.29, 1.82) is 0 Å². The van der Waals surface area contributed by atoms with E-state index in [-0.39, 0.29) is 7.47 Å². The third-order valence-electron chi connectivity index (χ3n) is 4.30. The van der Waals surface area contributed by atoms with Crippen molar-refractivity contribution in [3.8, 4) is 0 Å². The Balaban J connectivity index is 0.00000324. The van der Waals surface area contributed by atoms with Gasteiger partial charge in [-0.25, -0.2) is 0 Å². The first-order chi connectivity index (χ1) is 8.58. The Hall–Kier alpha value is -0.410. The lowest BCUT2D eigenvalue weighted by atomic mass is 9.81. The van der Waals surface area contributed by atoms with Crippen molar-refractivity contribution < 1.29 is 6.22 Å². The topological polar surface area (TPSA) is 32.3 Å². The van der Waals surface area contributed by atoms with Gasteiger partial charge in [0.2, 0.25) is 0 Å². The van der Waals surface area contributed by atoms with Gasteiger partial charge in [0.05, 0.1) is 6.04 Å². The molecule has 1 unspecified atom stereocenters. The van der Waals surface area contributed by atoms with Crippen molar-refractivity contribution >= 4 is 5.78 Å². The summed E-state index contributed by atoms with van der Waals surface area (Å²) in [4.78, 5) is 14.2. The maximum absolute atomic E-state index is 11.9. The van der Waals surface area contributed by atoms with Crippen molar-refractivity contribution in [2.45, 2.75) is 64.5 Å². The minimum atomic E-state index is 0. The molecule has 0 amide bonds. The monoisotopic (exact) mass is 256 g/mol. The van der Waals surface area contributed by atoms with E-state index in [4.69, 9.17) is 0 Å². The number of Topliss-reactive ketones (excluding diaryl/α,β-unsaturated/α-hetero) is 1. The fourth-order valence-corrected chi connectivity index (χ4v) is 3.05. The summed E-state index contributed by atoms with van der Waals surface area (Å²) < 4.78 is 0. The van der Waals surface area contributed by atoms with Gasteiger partial charge in [-0.3, -0.25) is 4.79 Å². The van der Waals surface area contributed by atoms with E-state index in [0.29, 0.717) is 12.2 Å². The molecule has 0 saturated heterocycles. The van der Waals surface area contributed by atoms with E-state index < -0.39 is 0 Å². The van der Waals surface area contributed by atoms with Crippen LogP contribution >= 0.6 is 0 Å². The standard InChI is InChI=1S/C15H30N2O.H2/c1-5-15(18)14(16-6-2)11-12-7-9-13(10-8-12)17(3)4;/h12-14,16H,5-11H2,1-4H3;1H. The predicted molar refractivity (Wildman–Crippen MR) is 78.9 cm³/mol. The molecule has 0 aromatic rings. The second-order valence-electron chi connectivity index (χ2n) is 5.80. The van der Waals surface area contributed by atoms with Crippen molar-refractivity contribution in [3.05, 3.63) is 0 Å². The Bertz CT molecular complexity index is 251. The van der Waals surface area contributed by atoms with Crippen LogP contribution < -0.4 is 5.32 Å². The van der Waals surface area contributed by atoms with Crippen molar-refractivity contribution in [3.63, 3.8) is 0 Å². The van der Waals surface area contributed by atoms with Gasteiger partial charge in [-0.2, -0.15) is 0 Å². The predicted octanol–water partition coefficient (Wildman–Crippen LogP) is 2.70. The van der Waals surface area contributed by atoms with E-state index in [9.17, 15) is 4.79 Å². The minimum absolute atomic E-state index is 0. The van der Waals surface area contributed by atoms with Gasteiger partial charge >= 0.3 is 0 Å². The van der Waals surface area contributed by atoms with E-state index in [1.807, 2.05) is 6.92 Å². The molecule has 1 N–H and O–H groups in total. The molecule has 1 aliphatic carbocycles. The van der Waals surface area contributed by atoms with Crippen LogP contribution in [-0.2, 0) is 4.79 Å². The summed E-state index contributed by atoms with van der Waals surface area (Å²) >= 11 is 0. The molecule has 0 heterocycles. The zero-order chi connectivity index (χ0) is 13.5. The Morgan fingerprint density at radius 1 is 1.28 bits per heavy atom. The molecule has 0 aliphatic heterocycles. The fraction of sp³-hybridized carbons (Fsp3) is 0.933. The van der Waals surface area contributed by atoms with Gasteiger partial charge in [0.1, 0.15) is 5.78 Å². The van der Waals surface area contributed by atoms with Crippen molar-refractivity contribution in [2.75, 3.05) is 20.6 Å². The van der Waals surface area contributed by atoms with Crippen LogP contribution in [0.15, 0.2) is 0 Å². The Labute approximate surface area is 114 Å². The third-order valence-corrected chi connectivity index (χ3v) is 4.30. The summed E-state index contributed by atoms with van der Waals surface area (Å²) in [7, 11) is 4.35. The molecule has 0 aromatic carbocycles. The van der Waals surface area contributed by atoms with E-state index in [1.165, 1.54) is 25.7 Å². The zero-order valence-electron chi connectivity index (χ0n) is 12.5. The molecular formula is C15H32N2O. The SMILES string of the molecule is CCNC(CC1CCC(N(C)C)CC1)C(=O)CC.[HH]. The summed E-state index contributed by atoms with van der Waals surface area (Å²) in [6, 6.07) is 0.849. The number of nitrogens with zero attached hydrogens (tertiary/aromatic N) is 1. The number of hydrogen-bond acceptors (Lipinski definition) is 3. The molecule has 1 atom stereocenters. The second kappa shape index (κ2) is 7.90. The molecule has 1 rings (SSSR count). The van der Waals surface area contributed by atoms with Crippen LogP contribution in [0.25, 0.3) is 0 Å². The van der Waals surface area contributed by atoms with Crippen LogP contribution in [0.3, 0.4) is 0 Å². The average molecular weight is 256 g/mol. The summed E-state index contributed by atoms with van der Waals surface area (Å²) in [5.74, 6) is 1.12. The summed E-state index contributed by atoms with van der Waals surface area (Å²) in [5, 5.41) is 3.35. The lowest BCUT2D eigenvalue weighted by molar-refractivity contribution is -0.121. The van der Waals surface area contributed by atoms with Crippen LogP contribution in [0.4, 0.5) is 0 Å². The van der Waals surface area contributed by atoms with Gasteiger partial charge in [-0.1, -0.05) is 13.8 Å². The maximum atomic E-state index is 11.9. The molecule has 0 bridgehead atoms. The smallest absolute Gasteiger partial charge is 0.149 e. The van der Waals surface area contributed by atoms with Crippen LogP contribution in [0, 0.1) is 5.92 Å². The number of rotatable bonds is 7. The van der Waals surface area contributed by atoms with Gasteiger partial charge in [-0.05, 0) is 58.7 Å². The normalized spacial score (nSPS) is 26.3. The largest absolute Gasteiger partial charge is 0.308 e. The van der Waals surface area contributed by atoms with E-state index >= 15 is 0 Å². The van der Waals surface area contributed by atoms with Gasteiger partial charge in [0.25, 0.3) is 0 Å². The molecule has 3 nitrogen and oxygen atoms in total. The lowest BCUT2D eigenvalue weighted by Gasteiger charge is -2.34. The first-order valence-corrected chi connectivity index (χ1v) is 7.50. The Morgan fingerprint density at radius 3 is 2.33 bits per heavy atom. The number of likely N-dealkylation sites (N-methyl/N-ethyl adjacent to an activating group) is 1. The average Bonchev–Trinajstić information content (AvgIpc) is 2.38. The summed E-state index contributed by atoms with van der Waals surface area (Å²) in [5.41, 5.74) is 0. The first kappa shape index (κ1) is 15.6. The quantitative estimate of drug-likeness (QED) is 0.760. The van der Waals surface area contributed by atoms with E-state index in [2.05, 4.69) is 31.2 Å². The lowest BCUT2D eigenvalue weighted by Crippen LogP contribution is -2.39. The zero-order valence-corrected chi connectivity index (χ0v) is 12.5. The Morgan fingerprint density at radius 2 is 1.89 bits per heavy atom. The molecule has 1 fully saturated rings. The summed E-state index contributed by atoms with van der Waals surface area (Å²) in [6.45, 7) is 4.94. The molecule has 1 saturated carbocycles. The van der Waals surface area contributed by atoms with Gasteiger partial charge in [-0.15, -0.1) is 0 Å². The van der Waals surface area contributed by atoms with Gasteiger partial charge < -0.3 is 10.2 Å². The van der Waals surface area contributed by atoms with Crippen LogP contribution in [-0.4, -0.2) is 43.4 Å². The molecule has 0 aromatic heterocycles. The maximum Gasteiger partial charge on any atom is 0.149 e. The molecule has 3 heteroatoms. The van der Waals surface area contributed by atoms with E-state index in [1.54, 1.807) is 0 Å². The molecule has 0 radical (unpaired) electrons. The van der Waals surface area contributed by atoms with Crippen LogP contribution in [0.1, 0.15) is 53.8 Å². The summed E-state index contributed by atoms with van der Waals surface area (Å²) in [6.07, 6.45) is 6.84. The number of nitrogens with one attached hydrogen (secondary N) is 1. The second-order valence-corrected chi connectivity index (χ2v) is 5.80. The molecule has 0 spiro atoms. The highest BCUT2D eigenvalue weighted by Crippen LogP contribution is 2.29. The molecular weight excluding hydrogens is 224 g/mol. The van der Waals surface area contributed by atoms with Crippen molar-refractivity contribution in [2.24, 2.45) is 5.92 Å². The minimum Gasteiger partial charge on any atom is -0.308 e. The van der Waals surface area contributed by atoms with Crippen LogP contribution in [0.5, 0.6) is 0 Å². The van der Waals surface area contributed by atoms with Crippen molar-refractivity contribution in [1.82, 2.24) is 10.2 Å². The highest BCUT2D eigenvalue weighted by atomic mass is 16.1. The number of carbonyl (C=O) groups excluding carboxylic acids is 1. The number of carbonyl (C=O) groups is 1.